The largest absolute Gasteiger partial charge is 0.481 e. The van der Waals surface area contributed by atoms with E-state index in [4.69, 9.17) is 5.11 Å². The number of nitrogens with one attached hydrogen (secondary N) is 1. The first kappa shape index (κ1) is 16.5. The van der Waals surface area contributed by atoms with Crippen LogP contribution in [-0.2, 0) is 16.0 Å². The maximum atomic E-state index is 12.2. The summed E-state index contributed by atoms with van der Waals surface area (Å²) in [5.74, 6) is -1.28. The molecule has 0 heterocycles. The first-order valence-corrected chi connectivity index (χ1v) is 7.96. The molecule has 0 bridgehead atoms. The van der Waals surface area contributed by atoms with Crippen molar-refractivity contribution >= 4 is 11.9 Å². The summed E-state index contributed by atoms with van der Waals surface area (Å²) in [4.78, 5) is 23.2. The van der Waals surface area contributed by atoms with Gasteiger partial charge in [-0.25, -0.2) is 0 Å². The Kier molecular flexibility index (Phi) is 5.22. The number of benzene rings is 1. The predicted octanol–water partition coefficient (Wildman–Crippen LogP) is 2.85. The van der Waals surface area contributed by atoms with Crippen LogP contribution in [0.25, 0.3) is 0 Å². The molecule has 3 atom stereocenters. The average Bonchev–Trinajstić information content (AvgIpc) is 2.92. The second-order valence-corrected chi connectivity index (χ2v) is 6.59. The van der Waals surface area contributed by atoms with Crippen LogP contribution in [0.1, 0.15) is 42.9 Å². The molecular weight excluding hydrogens is 278 g/mol. The van der Waals surface area contributed by atoms with E-state index in [1.165, 1.54) is 16.7 Å². The van der Waals surface area contributed by atoms with Gasteiger partial charge in [-0.2, -0.15) is 0 Å². The first-order chi connectivity index (χ1) is 10.4. The van der Waals surface area contributed by atoms with Gasteiger partial charge < -0.3 is 10.4 Å². The van der Waals surface area contributed by atoms with E-state index >= 15 is 0 Å². The summed E-state index contributed by atoms with van der Waals surface area (Å²) >= 11 is 0. The van der Waals surface area contributed by atoms with E-state index in [0.29, 0.717) is 19.3 Å². The summed E-state index contributed by atoms with van der Waals surface area (Å²) in [6.07, 6.45) is 2.56. The lowest BCUT2D eigenvalue weighted by molar-refractivity contribution is -0.141. The molecule has 1 aliphatic rings. The standard InChI is InChI=1S/C18H25NO3/c1-11-4-5-14(12(2)8-11)9-13(3)19-17(20)15-6-7-16(10-15)18(21)22/h4-5,8,13,15-16H,6-7,9-10H2,1-3H3,(H,19,20)(H,21,22)/t13?,15-,16+/m1/s1. The van der Waals surface area contributed by atoms with Gasteiger partial charge in [0.15, 0.2) is 0 Å². The van der Waals surface area contributed by atoms with E-state index in [-0.39, 0.29) is 23.8 Å². The molecule has 0 saturated heterocycles. The molecule has 1 aromatic carbocycles. The van der Waals surface area contributed by atoms with E-state index in [0.717, 1.165) is 6.42 Å². The summed E-state index contributed by atoms with van der Waals surface area (Å²) in [5.41, 5.74) is 3.73. The van der Waals surface area contributed by atoms with E-state index < -0.39 is 5.97 Å². The van der Waals surface area contributed by atoms with Crippen molar-refractivity contribution in [2.75, 3.05) is 0 Å². The molecular formula is C18H25NO3. The highest BCUT2D eigenvalue weighted by atomic mass is 16.4. The fourth-order valence-electron chi connectivity index (χ4n) is 3.26. The Balaban J connectivity index is 1.88. The van der Waals surface area contributed by atoms with Crippen molar-refractivity contribution in [3.63, 3.8) is 0 Å². The topological polar surface area (TPSA) is 66.4 Å². The predicted molar refractivity (Wildman–Crippen MR) is 85.7 cm³/mol. The summed E-state index contributed by atoms with van der Waals surface area (Å²) in [6, 6.07) is 6.41. The summed E-state index contributed by atoms with van der Waals surface area (Å²) in [6.45, 7) is 6.16. The van der Waals surface area contributed by atoms with Crippen LogP contribution in [0.5, 0.6) is 0 Å². The molecule has 1 saturated carbocycles. The quantitative estimate of drug-likeness (QED) is 0.879. The van der Waals surface area contributed by atoms with Crippen molar-refractivity contribution in [2.24, 2.45) is 11.8 Å². The molecule has 22 heavy (non-hydrogen) atoms. The zero-order valence-electron chi connectivity index (χ0n) is 13.6. The zero-order valence-corrected chi connectivity index (χ0v) is 13.6. The van der Waals surface area contributed by atoms with Gasteiger partial charge in [-0.15, -0.1) is 0 Å². The van der Waals surface area contributed by atoms with E-state index in [1.807, 2.05) is 6.92 Å². The minimum atomic E-state index is -0.779. The third kappa shape index (κ3) is 4.09. The lowest BCUT2D eigenvalue weighted by atomic mass is 9.99. The fraction of sp³-hybridized carbons (Fsp3) is 0.556. The van der Waals surface area contributed by atoms with Crippen LogP contribution < -0.4 is 5.32 Å². The molecule has 2 N–H and O–H groups in total. The van der Waals surface area contributed by atoms with Crippen LogP contribution in [0.15, 0.2) is 18.2 Å². The maximum absolute atomic E-state index is 12.2. The number of hydrogen-bond acceptors (Lipinski definition) is 2. The first-order valence-electron chi connectivity index (χ1n) is 7.96. The Bertz CT molecular complexity index is 567. The SMILES string of the molecule is Cc1ccc(CC(C)NC(=O)[C@@H]2CC[C@H](C(=O)O)C2)c(C)c1. The highest BCUT2D eigenvalue weighted by molar-refractivity contribution is 5.81. The highest BCUT2D eigenvalue weighted by Gasteiger charge is 2.34. The molecule has 4 heteroatoms. The van der Waals surface area contributed by atoms with E-state index in [2.05, 4.69) is 37.4 Å². The minimum Gasteiger partial charge on any atom is -0.481 e. The van der Waals surface area contributed by atoms with Gasteiger partial charge in [0, 0.05) is 12.0 Å². The Morgan fingerprint density at radius 2 is 1.95 bits per heavy atom. The lowest BCUT2D eigenvalue weighted by Gasteiger charge is -2.18. The van der Waals surface area contributed by atoms with Crippen molar-refractivity contribution in [3.8, 4) is 0 Å². The molecule has 2 rings (SSSR count). The number of amides is 1. The van der Waals surface area contributed by atoms with Crippen molar-refractivity contribution < 1.29 is 14.7 Å². The molecule has 0 aromatic heterocycles. The van der Waals surface area contributed by atoms with E-state index in [1.54, 1.807) is 0 Å². The number of aliphatic carboxylic acids is 1. The van der Waals surface area contributed by atoms with Gasteiger partial charge in [0.25, 0.3) is 0 Å². The van der Waals surface area contributed by atoms with Crippen LogP contribution in [0.3, 0.4) is 0 Å². The Labute approximate surface area is 131 Å². The second-order valence-electron chi connectivity index (χ2n) is 6.59. The number of hydrogen-bond donors (Lipinski definition) is 2. The Hall–Kier alpha value is -1.84. The average molecular weight is 303 g/mol. The lowest BCUT2D eigenvalue weighted by Crippen LogP contribution is -2.38. The van der Waals surface area contributed by atoms with Gasteiger partial charge in [0.1, 0.15) is 0 Å². The molecule has 0 spiro atoms. The van der Waals surface area contributed by atoms with Crippen LogP contribution in [0, 0.1) is 25.7 Å². The molecule has 1 fully saturated rings. The number of carboxylic acid groups (broad SMARTS) is 1. The van der Waals surface area contributed by atoms with E-state index in [9.17, 15) is 9.59 Å². The molecule has 1 amide bonds. The Morgan fingerprint density at radius 3 is 2.55 bits per heavy atom. The summed E-state index contributed by atoms with van der Waals surface area (Å²) in [5, 5.41) is 12.1. The second kappa shape index (κ2) is 6.95. The third-order valence-corrected chi connectivity index (χ3v) is 4.57. The van der Waals surface area contributed by atoms with Crippen molar-refractivity contribution in [1.82, 2.24) is 5.32 Å². The maximum Gasteiger partial charge on any atom is 0.306 e. The van der Waals surface area contributed by atoms with Crippen LogP contribution in [0.4, 0.5) is 0 Å². The van der Waals surface area contributed by atoms with Crippen LogP contribution in [-0.4, -0.2) is 23.0 Å². The monoisotopic (exact) mass is 303 g/mol. The number of carboxylic acids is 1. The molecule has 4 nitrogen and oxygen atoms in total. The summed E-state index contributed by atoms with van der Waals surface area (Å²) < 4.78 is 0. The normalized spacial score (nSPS) is 22.3. The highest BCUT2D eigenvalue weighted by Crippen LogP contribution is 2.31. The van der Waals surface area contributed by atoms with Crippen LogP contribution in [0.2, 0.25) is 0 Å². The van der Waals surface area contributed by atoms with Gasteiger partial charge in [-0.05, 0) is 57.6 Å². The fourth-order valence-corrected chi connectivity index (χ4v) is 3.26. The zero-order chi connectivity index (χ0) is 16.3. The molecule has 1 unspecified atom stereocenters. The Morgan fingerprint density at radius 1 is 1.27 bits per heavy atom. The number of aryl methyl sites for hydroxylation is 2. The van der Waals surface area contributed by atoms with Gasteiger partial charge in [0.05, 0.1) is 5.92 Å². The number of carbonyl (C=O) groups excluding carboxylic acids is 1. The van der Waals surface area contributed by atoms with Gasteiger partial charge in [-0.1, -0.05) is 23.8 Å². The molecule has 1 aliphatic carbocycles. The summed E-state index contributed by atoms with van der Waals surface area (Å²) in [7, 11) is 0. The van der Waals surface area contributed by atoms with Crippen molar-refractivity contribution in [2.45, 2.75) is 52.5 Å². The van der Waals surface area contributed by atoms with Crippen molar-refractivity contribution in [3.05, 3.63) is 34.9 Å². The number of carbonyl (C=O) groups is 2. The number of rotatable bonds is 5. The van der Waals surface area contributed by atoms with Gasteiger partial charge in [-0.3, -0.25) is 9.59 Å². The molecule has 120 valence electrons. The molecule has 0 aliphatic heterocycles. The molecule has 0 radical (unpaired) electrons. The van der Waals surface area contributed by atoms with Gasteiger partial charge in [0.2, 0.25) is 5.91 Å². The minimum absolute atomic E-state index is 0.000940. The smallest absolute Gasteiger partial charge is 0.306 e. The molecule has 1 aromatic rings. The van der Waals surface area contributed by atoms with Crippen LogP contribution >= 0.6 is 0 Å². The third-order valence-electron chi connectivity index (χ3n) is 4.57. The van der Waals surface area contributed by atoms with Crippen molar-refractivity contribution in [1.29, 1.82) is 0 Å². The van der Waals surface area contributed by atoms with Gasteiger partial charge >= 0.3 is 5.97 Å².